The molecule has 0 spiro atoms. The minimum Gasteiger partial charge on any atom is -0.449 e. The fourth-order valence-electron chi connectivity index (χ4n) is 3.37. The van der Waals surface area contributed by atoms with Crippen molar-refractivity contribution in [2.45, 2.75) is 18.7 Å². The number of oxazole rings is 1. The Hall–Kier alpha value is -2.98. The van der Waals surface area contributed by atoms with E-state index in [9.17, 15) is 8.42 Å². The van der Waals surface area contributed by atoms with Crippen molar-refractivity contribution in [3.63, 3.8) is 0 Å². The van der Waals surface area contributed by atoms with Crippen molar-refractivity contribution in [3.05, 3.63) is 48.6 Å². The first-order valence-corrected chi connectivity index (χ1v) is 11.3. The van der Waals surface area contributed by atoms with E-state index in [2.05, 4.69) is 20.5 Å². The molecule has 30 heavy (non-hydrogen) atoms. The van der Waals surface area contributed by atoms with Gasteiger partial charge < -0.3 is 14.6 Å². The number of rotatable bonds is 6. The second kappa shape index (κ2) is 8.41. The van der Waals surface area contributed by atoms with Gasteiger partial charge in [0.05, 0.1) is 4.90 Å². The number of hydrogen-bond acceptors (Lipinski definition) is 8. The van der Waals surface area contributed by atoms with Gasteiger partial charge in [0.2, 0.25) is 10.0 Å². The largest absolute Gasteiger partial charge is 0.449 e. The molecular weight excluding hydrogens is 404 g/mol. The van der Waals surface area contributed by atoms with Gasteiger partial charge in [-0.15, -0.1) is 10.2 Å². The Morgan fingerprint density at radius 2 is 1.77 bits per heavy atom. The standard InChI is InChI=1S/C20H24N6O3S/c1-3-21-19-8-9-20(24-23-19)25-10-12-26(13-11-25)30(27,28)17-6-4-16(5-7-17)18-14-29-15(2)22-18/h4-9,14H,3,10-13H2,1-2H3,(H,21,23). The van der Waals surface area contributed by atoms with Gasteiger partial charge in [-0.05, 0) is 31.2 Å². The molecule has 1 aliphatic rings. The van der Waals surface area contributed by atoms with Gasteiger partial charge in [0, 0.05) is 45.2 Å². The number of hydrogen-bond donors (Lipinski definition) is 1. The molecule has 0 saturated carbocycles. The molecule has 1 N–H and O–H groups in total. The molecule has 0 bridgehead atoms. The number of nitrogens with one attached hydrogen (secondary N) is 1. The van der Waals surface area contributed by atoms with E-state index >= 15 is 0 Å². The van der Waals surface area contributed by atoms with Crippen LogP contribution in [0, 0.1) is 6.92 Å². The van der Waals surface area contributed by atoms with Crippen LogP contribution in [0.25, 0.3) is 11.3 Å². The van der Waals surface area contributed by atoms with Crippen molar-refractivity contribution >= 4 is 21.7 Å². The third-order valence-corrected chi connectivity index (χ3v) is 6.89. The number of aromatic nitrogens is 3. The lowest BCUT2D eigenvalue weighted by molar-refractivity contribution is 0.383. The van der Waals surface area contributed by atoms with Crippen LogP contribution in [0.15, 0.2) is 52.0 Å². The summed E-state index contributed by atoms with van der Waals surface area (Å²) >= 11 is 0. The van der Waals surface area contributed by atoms with E-state index in [1.807, 2.05) is 24.0 Å². The van der Waals surface area contributed by atoms with Crippen LogP contribution in [0.3, 0.4) is 0 Å². The average molecular weight is 429 g/mol. The summed E-state index contributed by atoms with van der Waals surface area (Å²) in [5.74, 6) is 2.05. The number of nitrogens with zero attached hydrogens (tertiary/aromatic N) is 5. The van der Waals surface area contributed by atoms with Crippen molar-refractivity contribution in [1.29, 1.82) is 0 Å². The van der Waals surface area contributed by atoms with Crippen LogP contribution in [0.4, 0.5) is 11.6 Å². The zero-order valence-corrected chi connectivity index (χ0v) is 17.8. The van der Waals surface area contributed by atoms with Crippen molar-refractivity contribution in [2.75, 3.05) is 42.9 Å². The molecule has 10 heteroatoms. The van der Waals surface area contributed by atoms with E-state index in [4.69, 9.17) is 4.42 Å². The molecule has 158 valence electrons. The Labute approximate surface area is 175 Å². The highest BCUT2D eigenvalue weighted by molar-refractivity contribution is 7.89. The van der Waals surface area contributed by atoms with Crippen LogP contribution in [-0.4, -0.2) is 60.6 Å². The Balaban J connectivity index is 1.42. The molecule has 1 saturated heterocycles. The second-order valence-corrected chi connectivity index (χ2v) is 8.91. The molecule has 0 unspecified atom stereocenters. The summed E-state index contributed by atoms with van der Waals surface area (Å²) in [6, 6.07) is 10.5. The quantitative estimate of drug-likeness (QED) is 0.638. The second-order valence-electron chi connectivity index (χ2n) is 6.97. The summed E-state index contributed by atoms with van der Waals surface area (Å²) in [6.45, 7) is 6.45. The smallest absolute Gasteiger partial charge is 0.243 e. The van der Waals surface area contributed by atoms with Crippen molar-refractivity contribution in [3.8, 4) is 11.3 Å². The van der Waals surface area contributed by atoms with Gasteiger partial charge in [0.15, 0.2) is 11.7 Å². The number of sulfonamides is 1. The lowest BCUT2D eigenvalue weighted by atomic mass is 10.2. The molecule has 1 fully saturated rings. The number of piperazine rings is 1. The molecule has 0 atom stereocenters. The highest BCUT2D eigenvalue weighted by Crippen LogP contribution is 2.24. The highest BCUT2D eigenvalue weighted by Gasteiger charge is 2.29. The fraction of sp³-hybridized carbons (Fsp3) is 0.350. The van der Waals surface area contributed by atoms with Gasteiger partial charge in [-0.1, -0.05) is 12.1 Å². The SMILES string of the molecule is CCNc1ccc(N2CCN(S(=O)(=O)c3ccc(-c4coc(C)n4)cc3)CC2)nn1. The maximum atomic E-state index is 13.0. The molecule has 1 aromatic carbocycles. The molecule has 4 rings (SSSR count). The maximum Gasteiger partial charge on any atom is 0.243 e. The molecule has 3 heterocycles. The minimum absolute atomic E-state index is 0.273. The van der Waals surface area contributed by atoms with Crippen molar-refractivity contribution < 1.29 is 12.8 Å². The Morgan fingerprint density at radius 1 is 1.03 bits per heavy atom. The third kappa shape index (κ3) is 4.14. The molecule has 2 aromatic heterocycles. The Kier molecular flexibility index (Phi) is 5.69. The van der Waals surface area contributed by atoms with Gasteiger partial charge in [0.1, 0.15) is 17.8 Å². The summed E-state index contributed by atoms with van der Waals surface area (Å²) in [7, 11) is -3.56. The lowest BCUT2D eigenvalue weighted by Gasteiger charge is -2.34. The van der Waals surface area contributed by atoms with Crippen LogP contribution >= 0.6 is 0 Å². The molecule has 0 aliphatic carbocycles. The van der Waals surface area contributed by atoms with E-state index in [1.54, 1.807) is 37.5 Å². The summed E-state index contributed by atoms with van der Waals surface area (Å²) < 4.78 is 32.8. The van der Waals surface area contributed by atoms with E-state index in [0.717, 1.165) is 23.7 Å². The van der Waals surface area contributed by atoms with E-state index in [1.165, 1.54) is 4.31 Å². The predicted octanol–water partition coefficient (Wildman–Crippen LogP) is 2.38. The summed E-state index contributed by atoms with van der Waals surface area (Å²) in [4.78, 5) is 6.59. The number of anilines is 2. The van der Waals surface area contributed by atoms with Crippen molar-refractivity contribution in [2.24, 2.45) is 0 Å². The van der Waals surface area contributed by atoms with Gasteiger partial charge in [0.25, 0.3) is 0 Å². The fourth-order valence-corrected chi connectivity index (χ4v) is 4.79. The molecule has 9 nitrogen and oxygen atoms in total. The van der Waals surface area contributed by atoms with Gasteiger partial charge >= 0.3 is 0 Å². The van der Waals surface area contributed by atoms with Gasteiger partial charge in [-0.2, -0.15) is 4.31 Å². The summed E-state index contributed by atoms with van der Waals surface area (Å²) in [5.41, 5.74) is 1.50. The first kappa shape index (κ1) is 20.3. The first-order valence-electron chi connectivity index (χ1n) is 9.82. The topological polar surface area (TPSA) is 104 Å². The molecule has 0 radical (unpaired) electrons. The Bertz CT molecular complexity index is 1090. The summed E-state index contributed by atoms with van der Waals surface area (Å²) in [6.07, 6.45) is 1.56. The zero-order chi connectivity index (χ0) is 21.1. The van der Waals surface area contributed by atoms with Gasteiger partial charge in [-0.25, -0.2) is 13.4 Å². The monoisotopic (exact) mass is 428 g/mol. The van der Waals surface area contributed by atoms with Crippen LogP contribution in [0.2, 0.25) is 0 Å². The minimum atomic E-state index is -3.56. The predicted molar refractivity (Wildman–Crippen MR) is 114 cm³/mol. The van der Waals surface area contributed by atoms with E-state index in [-0.39, 0.29) is 4.90 Å². The first-order chi connectivity index (χ1) is 14.5. The van der Waals surface area contributed by atoms with E-state index < -0.39 is 10.0 Å². The molecule has 0 amide bonds. The van der Waals surface area contributed by atoms with Crippen LogP contribution in [-0.2, 0) is 10.0 Å². The molecule has 3 aromatic rings. The molecular formula is C20H24N6O3S. The normalized spacial score (nSPS) is 15.3. The van der Waals surface area contributed by atoms with E-state index in [0.29, 0.717) is 37.8 Å². The number of benzene rings is 1. The third-order valence-electron chi connectivity index (χ3n) is 4.98. The Morgan fingerprint density at radius 3 is 2.33 bits per heavy atom. The summed E-state index contributed by atoms with van der Waals surface area (Å²) in [5, 5.41) is 11.5. The maximum absolute atomic E-state index is 13.0. The number of aryl methyl sites for hydroxylation is 1. The van der Waals surface area contributed by atoms with Crippen LogP contribution in [0.5, 0.6) is 0 Å². The van der Waals surface area contributed by atoms with Crippen molar-refractivity contribution in [1.82, 2.24) is 19.5 Å². The zero-order valence-electron chi connectivity index (χ0n) is 16.9. The van der Waals surface area contributed by atoms with Crippen LogP contribution in [0.1, 0.15) is 12.8 Å². The highest BCUT2D eigenvalue weighted by atomic mass is 32.2. The van der Waals surface area contributed by atoms with Crippen LogP contribution < -0.4 is 10.2 Å². The molecule has 1 aliphatic heterocycles. The average Bonchev–Trinajstić information content (AvgIpc) is 3.21. The van der Waals surface area contributed by atoms with Gasteiger partial charge in [-0.3, -0.25) is 0 Å². The lowest BCUT2D eigenvalue weighted by Crippen LogP contribution is -2.49.